The summed E-state index contributed by atoms with van der Waals surface area (Å²) in [4.78, 5) is 31.4. The highest BCUT2D eigenvalue weighted by atomic mass is 16.5. The maximum absolute atomic E-state index is 13.1. The fraction of sp³-hybridized carbons (Fsp3) is 0.385. The van der Waals surface area contributed by atoms with Gasteiger partial charge in [0, 0.05) is 50.7 Å². The molecule has 0 spiro atoms. The minimum atomic E-state index is -0.116. The van der Waals surface area contributed by atoms with E-state index in [9.17, 15) is 9.59 Å². The maximum Gasteiger partial charge on any atom is 0.289 e. The summed E-state index contributed by atoms with van der Waals surface area (Å²) in [5.41, 5.74) is 1.80. The van der Waals surface area contributed by atoms with E-state index in [4.69, 9.17) is 9.15 Å². The van der Waals surface area contributed by atoms with Gasteiger partial charge in [-0.1, -0.05) is 0 Å². The summed E-state index contributed by atoms with van der Waals surface area (Å²) >= 11 is 0. The third kappa shape index (κ3) is 4.99. The second-order valence-corrected chi connectivity index (χ2v) is 8.86. The number of furan rings is 1. The van der Waals surface area contributed by atoms with Crippen LogP contribution in [-0.2, 0) is 4.79 Å². The zero-order valence-corrected chi connectivity index (χ0v) is 19.8. The number of piperazine rings is 1. The van der Waals surface area contributed by atoms with Gasteiger partial charge in [-0.2, -0.15) is 0 Å². The second-order valence-electron chi connectivity index (χ2n) is 8.86. The molecule has 9 heteroatoms. The number of carbonyl (C=O) groups is 2. The van der Waals surface area contributed by atoms with E-state index in [1.807, 2.05) is 41.3 Å². The van der Waals surface area contributed by atoms with E-state index in [0.717, 1.165) is 48.8 Å². The number of aromatic nitrogens is 2. The lowest BCUT2D eigenvalue weighted by Gasteiger charge is -2.38. The van der Waals surface area contributed by atoms with Gasteiger partial charge < -0.3 is 23.9 Å². The first-order chi connectivity index (χ1) is 17.1. The lowest BCUT2D eigenvalue weighted by Crippen LogP contribution is -2.53. The molecule has 9 nitrogen and oxygen atoms in total. The summed E-state index contributed by atoms with van der Waals surface area (Å²) in [7, 11) is 1.65. The molecule has 2 fully saturated rings. The predicted octanol–water partition coefficient (Wildman–Crippen LogP) is 2.95. The molecular weight excluding hydrogens is 446 g/mol. The second kappa shape index (κ2) is 10.2. The molecule has 5 rings (SSSR count). The van der Waals surface area contributed by atoms with Crippen LogP contribution in [0.5, 0.6) is 5.75 Å². The molecule has 0 radical (unpaired) electrons. The van der Waals surface area contributed by atoms with Crippen LogP contribution >= 0.6 is 0 Å². The van der Waals surface area contributed by atoms with Gasteiger partial charge in [-0.3, -0.25) is 9.59 Å². The van der Waals surface area contributed by atoms with Crippen molar-refractivity contribution in [1.29, 1.82) is 0 Å². The highest BCUT2D eigenvalue weighted by Crippen LogP contribution is 2.26. The number of rotatable bonds is 5. The quantitative estimate of drug-likeness (QED) is 0.560. The highest BCUT2D eigenvalue weighted by molar-refractivity contribution is 5.91. The zero-order chi connectivity index (χ0) is 24.2. The lowest BCUT2D eigenvalue weighted by atomic mass is 9.95. The van der Waals surface area contributed by atoms with E-state index >= 15 is 0 Å². The number of anilines is 1. The van der Waals surface area contributed by atoms with Crippen LogP contribution in [0.2, 0.25) is 0 Å². The molecule has 0 aliphatic carbocycles. The lowest BCUT2D eigenvalue weighted by molar-refractivity contribution is -0.137. The molecule has 0 unspecified atom stereocenters. The standard InChI is InChI=1S/C26H29N5O4/c1-34-21-6-4-19(5-7-21)22-8-9-24(28-27-22)29-12-10-20(11-13-29)25(32)30-14-16-31(17-15-30)26(33)23-3-2-18-35-23/h2-9,18,20H,10-17H2,1H3. The molecule has 35 heavy (non-hydrogen) atoms. The third-order valence-corrected chi connectivity index (χ3v) is 6.81. The van der Waals surface area contributed by atoms with Crippen LogP contribution in [0.4, 0.5) is 5.82 Å². The average molecular weight is 476 g/mol. The fourth-order valence-electron chi connectivity index (χ4n) is 4.71. The van der Waals surface area contributed by atoms with Crippen molar-refractivity contribution in [2.75, 3.05) is 51.3 Å². The van der Waals surface area contributed by atoms with Crippen molar-refractivity contribution < 1.29 is 18.7 Å². The van der Waals surface area contributed by atoms with Crippen LogP contribution in [0.1, 0.15) is 23.4 Å². The van der Waals surface area contributed by atoms with Crippen molar-refractivity contribution in [3.05, 3.63) is 60.6 Å². The average Bonchev–Trinajstić information content (AvgIpc) is 3.48. The highest BCUT2D eigenvalue weighted by Gasteiger charge is 2.32. The van der Waals surface area contributed by atoms with Crippen molar-refractivity contribution >= 4 is 17.6 Å². The molecule has 0 bridgehead atoms. The number of ether oxygens (including phenoxy) is 1. The molecule has 2 saturated heterocycles. The minimum absolute atomic E-state index is 0.00473. The van der Waals surface area contributed by atoms with E-state index in [-0.39, 0.29) is 17.7 Å². The summed E-state index contributed by atoms with van der Waals surface area (Å²) in [6, 6.07) is 15.1. The Labute approximate surface area is 204 Å². The monoisotopic (exact) mass is 475 g/mol. The largest absolute Gasteiger partial charge is 0.497 e. The number of piperidine rings is 1. The van der Waals surface area contributed by atoms with Crippen LogP contribution in [0, 0.1) is 5.92 Å². The first-order valence-electron chi connectivity index (χ1n) is 12.0. The van der Waals surface area contributed by atoms with E-state index in [1.165, 1.54) is 6.26 Å². The molecule has 3 aromatic rings. The summed E-state index contributed by atoms with van der Waals surface area (Å²) in [6.45, 7) is 3.71. The summed E-state index contributed by atoms with van der Waals surface area (Å²) in [5, 5.41) is 8.83. The van der Waals surface area contributed by atoms with Gasteiger partial charge in [-0.15, -0.1) is 10.2 Å². The minimum Gasteiger partial charge on any atom is -0.497 e. The molecule has 0 atom stereocenters. The van der Waals surface area contributed by atoms with Crippen LogP contribution in [0.25, 0.3) is 11.3 Å². The van der Waals surface area contributed by atoms with Crippen LogP contribution in [0.3, 0.4) is 0 Å². The smallest absolute Gasteiger partial charge is 0.289 e. The van der Waals surface area contributed by atoms with Crippen LogP contribution in [0.15, 0.2) is 59.2 Å². The Hall–Kier alpha value is -3.88. The molecule has 2 amide bonds. The van der Waals surface area contributed by atoms with Gasteiger partial charge in [0.15, 0.2) is 11.6 Å². The van der Waals surface area contributed by atoms with Crippen LogP contribution in [-0.4, -0.2) is 78.2 Å². The van der Waals surface area contributed by atoms with Gasteiger partial charge in [-0.25, -0.2) is 0 Å². The number of carbonyl (C=O) groups excluding carboxylic acids is 2. The van der Waals surface area contributed by atoms with Gasteiger partial charge in [-0.05, 0) is 61.4 Å². The molecule has 182 valence electrons. The Morgan fingerprint density at radius 2 is 1.60 bits per heavy atom. The number of nitrogens with zero attached hydrogens (tertiary/aromatic N) is 5. The van der Waals surface area contributed by atoms with Crippen molar-refractivity contribution in [3.8, 4) is 17.0 Å². The van der Waals surface area contributed by atoms with Gasteiger partial charge >= 0.3 is 0 Å². The summed E-state index contributed by atoms with van der Waals surface area (Å²) in [5.74, 6) is 2.06. The van der Waals surface area contributed by atoms with E-state index < -0.39 is 0 Å². The number of amides is 2. The van der Waals surface area contributed by atoms with Gasteiger partial charge in [0.1, 0.15) is 5.75 Å². The van der Waals surface area contributed by atoms with Crippen molar-refractivity contribution in [1.82, 2.24) is 20.0 Å². The van der Waals surface area contributed by atoms with E-state index in [1.54, 1.807) is 24.1 Å². The van der Waals surface area contributed by atoms with Crippen molar-refractivity contribution in [2.24, 2.45) is 5.92 Å². The van der Waals surface area contributed by atoms with Gasteiger partial charge in [0.2, 0.25) is 5.91 Å². The number of methoxy groups -OCH3 is 1. The molecule has 0 N–H and O–H groups in total. The summed E-state index contributed by atoms with van der Waals surface area (Å²) < 4.78 is 10.4. The Balaban J connectivity index is 1.11. The van der Waals surface area contributed by atoms with E-state index in [2.05, 4.69) is 15.1 Å². The fourth-order valence-corrected chi connectivity index (χ4v) is 4.71. The Bertz CT molecular complexity index is 1130. The maximum atomic E-state index is 13.1. The summed E-state index contributed by atoms with van der Waals surface area (Å²) in [6.07, 6.45) is 3.07. The molecule has 1 aromatic carbocycles. The normalized spacial score (nSPS) is 16.9. The first-order valence-corrected chi connectivity index (χ1v) is 12.0. The number of hydrogen-bond acceptors (Lipinski definition) is 7. The van der Waals surface area contributed by atoms with Crippen molar-refractivity contribution in [2.45, 2.75) is 12.8 Å². The van der Waals surface area contributed by atoms with Gasteiger partial charge in [0.05, 0.1) is 19.1 Å². The number of benzene rings is 1. The number of hydrogen-bond donors (Lipinski definition) is 0. The zero-order valence-electron chi connectivity index (χ0n) is 19.8. The Kier molecular flexibility index (Phi) is 6.65. The Morgan fingerprint density at radius 3 is 2.20 bits per heavy atom. The topological polar surface area (TPSA) is 92.0 Å². The molecule has 2 aliphatic rings. The molecule has 0 saturated carbocycles. The molecule has 2 aromatic heterocycles. The van der Waals surface area contributed by atoms with Crippen LogP contribution < -0.4 is 9.64 Å². The third-order valence-electron chi connectivity index (χ3n) is 6.81. The molecular formula is C26H29N5O4. The first kappa shape index (κ1) is 22.9. The van der Waals surface area contributed by atoms with Gasteiger partial charge in [0.25, 0.3) is 5.91 Å². The molecule has 2 aliphatic heterocycles. The molecule has 4 heterocycles. The SMILES string of the molecule is COc1ccc(-c2ccc(N3CCC(C(=O)N4CCN(C(=O)c5ccco5)CC4)CC3)nn2)cc1. The van der Waals surface area contributed by atoms with E-state index in [0.29, 0.717) is 31.9 Å². The Morgan fingerprint density at radius 1 is 0.886 bits per heavy atom. The van der Waals surface area contributed by atoms with Crippen molar-refractivity contribution in [3.63, 3.8) is 0 Å². The predicted molar refractivity (Wildman–Crippen MR) is 130 cm³/mol.